The minimum Gasteiger partial charge on any atom is -0.478 e. The van der Waals surface area contributed by atoms with Gasteiger partial charge in [0.15, 0.2) is 5.11 Å². The first-order valence-corrected chi connectivity index (χ1v) is 9.76. The van der Waals surface area contributed by atoms with E-state index in [1.165, 1.54) is 0 Å². The summed E-state index contributed by atoms with van der Waals surface area (Å²) in [5.41, 5.74) is 5.25. The maximum Gasteiger partial charge on any atom is 0.335 e. The van der Waals surface area contributed by atoms with Crippen molar-refractivity contribution in [3.8, 4) is 5.69 Å². The number of hydrogen-bond acceptors (Lipinski definition) is 3. The van der Waals surface area contributed by atoms with Crippen LogP contribution >= 0.6 is 12.2 Å². The van der Waals surface area contributed by atoms with Crippen molar-refractivity contribution in [1.82, 2.24) is 19.8 Å². The molecule has 2 N–H and O–H groups in total. The Kier molecular flexibility index (Phi) is 4.84. The molecule has 3 aromatic rings. The largest absolute Gasteiger partial charge is 0.478 e. The molecule has 29 heavy (non-hydrogen) atoms. The fourth-order valence-electron chi connectivity index (χ4n) is 4.11. The van der Waals surface area contributed by atoms with E-state index in [0.717, 1.165) is 28.3 Å². The van der Waals surface area contributed by atoms with Crippen LogP contribution in [0.15, 0.2) is 54.7 Å². The number of aromatic carboxylic acids is 1. The number of rotatable bonds is 4. The van der Waals surface area contributed by atoms with Gasteiger partial charge in [-0.3, -0.25) is 4.98 Å². The first-order chi connectivity index (χ1) is 13.9. The van der Waals surface area contributed by atoms with Gasteiger partial charge >= 0.3 is 5.97 Å². The summed E-state index contributed by atoms with van der Waals surface area (Å²) >= 11 is 5.53. The number of nitrogens with one attached hydrogen (secondary N) is 1. The molecule has 0 saturated carbocycles. The molecule has 1 aromatic carbocycles. The van der Waals surface area contributed by atoms with Crippen molar-refractivity contribution in [2.75, 3.05) is 7.05 Å². The molecule has 6 nitrogen and oxygen atoms in total. The molecule has 1 fully saturated rings. The zero-order valence-corrected chi connectivity index (χ0v) is 17.3. The second-order valence-electron chi connectivity index (χ2n) is 7.25. The van der Waals surface area contributed by atoms with Gasteiger partial charge in [-0.1, -0.05) is 12.1 Å². The molecule has 4 rings (SSSR count). The number of aromatic nitrogens is 2. The van der Waals surface area contributed by atoms with Crippen LogP contribution in [0.1, 0.15) is 45.1 Å². The topological polar surface area (TPSA) is 70.4 Å². The molecule has 3 heterocycles. The van der Waals surface area contributed by atoms with E-state index < -0.39 is 5.97 Å². The molecule has 1 aliphatic rings. The van der Waals surface area contributed by atoms with E-state index in [2.05, 4.69) is 32.8 Å². The van der Waals surface area contributed by atoms with Gasteiger partial charge in [-0.15, -0.1) is 0 Å². The van der Waals surface area contributed by atoms with E-state index in [0.29, 0.717) is 5.11 Å². The van der Waals surface area contributed by atoms with Gasteiger partial charge in [0, 0.05) is 30.3 Å². The number of thiocarbonyl (C=S) groups is 1. The van der Waals surface area contributed by atoms with Crippen LogP contribution < -0.4 is 5.32 Å². The number of carboxylic acid groups (broad SMARTS) is 1. The summed E-state index contributed by atoms with van der Waals surface area (Å²) in [6, 6.07) is 14.9. The molecule has 0 aliphatic carbocycles. The fraction of sp³-hybridized carbons (Fsp3) is 0.227. The zero-order chi connectivity index (χ0) is 20.7. The first kappa shape index (κ1) is 19.1. The van der Waals surface area contributed by atoms with Crippen LogP contribution in [0.3, 0.4) is 0 Å². The number of pyridine rings is 1. The fourth-order valence-corrected chi connectivity index (χ4v) is 4.35. The van der Waals surface area contributed by atoms with Crippen LogP contribution in [0, 0.1) is 13.8 Å². The van der Waals surface area contributed by atoms with E-state index in [9.17, 15) is 9.90 Å². The quantitative estimate of drug-likeness (QED) is 0.643. The minimum absolute atomic E-state index is 0.0139. The number of hydrogen-bond donors (Lipinski definition) is 2. The summed E-state index contributed by atoms with van der Waals surface area (Å²) in [5, 5.41) is 13.4. The van der Waals surface area contributed by atoms with Crippen molar-refractivity contribution < 1.29 is 9.90 Å². The summed E-state index contributed by atoms with van der Waals surface area (Å²) in [6.07, 6.45) is 1.79. The number of likely N-dealkylation sites (N-methyl/N-ethyl adjacent to an activating group) is 1. The Bertz CT molecular complexity index is 1090. The Balaban J connectivity index is 1.81. The van der Waals surface area contributed by atoms with Gasteiger partial charge in [-0.05, 0) is 68.0 Å². The van der Waals surface area contributed by atoms with Crippen LogP contribution in [0.4, 0.5) is 0 Å². The van der Waals surface area contributed by atoms with E-state index in [4.69, 9.17) is 12.2 Å². The standard InChI is InChI=1S/C22H22N4O2S/c1-13-11-17(14(2)26(13)16-8-6-7-15(12-16)21(27)28)20-19(24-22(29)25(20)3)18-9-4-5-10-23-18/h4-12,19-20H,1-3H3,(H,24,29)(H,27,28)/t19-,20-/m0/s1. The lowest BCUT2D eigenvalue weighted by atomic mass is 9.97. The molecule has 2 aromatic heterocycles. The lowest BCUT2D eigenvalue weighted by Gasteiger charge is -2.24. The molecule has 0 unspecified atom stereocenters. The van der Waals surface area contributed by atoms with Gasteiger partial charge in [0.25, 0.3) is 0 Å². The summed E-state index contributed by atoms with van der Waals surface area (Å²) in [6.45, 7) is 4.08. The molecule has 148 valence electrons. The van der Waals surface area contributed by atoms with Crippen molar-refractivity contribution in [3.05, 3.63) is 82.9 Å². The number of nitrogens with zero attached hydrogens (tertiary/aromatic N) is 3. The van der Waals surface area contributed by atoms with E-state index >= 15 is 0 Å². The molecule has 1 aliphatic heterocycles. The van der Waals surface area contributed by atoms with Crippen LogP contribution in [-0.2, 0) is 0 Å². The van der Waals surface area contributed by atoms with Crippen LogP contribution in [0.5, 0.6) is 0 Å². The van der Waals surface area contributed by atoms with Gasteiger partial charge in [-0.25, -0.2) is 4.79 Å². The summed E-state index contributed by atoms with van der Waals surface area (Å²) in [4.78, 5) is 18.0. The maximum absolute atomic E-state index is 11.4. The van der Waals surface area contributed by atoms with Crippen molar-refractivity contribution in [1.29, 1.82) is 0 Å². The third-order valence-electron chi connectivity index (χ3n) is 5.48. The summed E-state index contributed by atoms with van der Waals surface area (Å²) < 4.78 is 2.09. The average Bonchev–Trinajstić information content (AvgIpc) is 3.17. The van der Waals surface area contributed by atoms with Crippen molar-refractivity contribution in [3.63, 3.8) is 0 Å². The van der Waals surface area contributed by atoms with Gasteiger partial charge in [0.05, 0.1) is 23.3 Å². The molecule has 2 atom stereocenters. The van der Waals surface area contributed by atoms with Crippen LogP contribution in [0.2, 0.25) is 0 Å². The minimum atomic E-state index is -0.935. The summed E-state index contributed by atoms with van der Waals surface area (Å²) in [7, 11) is 1.99. The van der Waals surface area contributed by atoms with E-state index in [-0.39, 0.29) is 17.6 Å². The van der Waals surface area contributed by atoms with Crippen LogP contribution in [-0.4, -0.2) is 37.7 Å². The average molecular weight is 407 g/mol. The zero-order valence-electron chi connectivity index (χ0n) is 16.5. The molecule has 0 amide bonds. The highest BCUT2D eigenvalue weighted by molar-refractivity contribution is 7.80. The highest BCUT2D eigenvalue weighted by Crippen LogP contribution is 2.40. The lowest BCUT2D eigenvalue weighted by molar-refractivity contribution is 0.0697. The predicted molar refractivity (Wildman–Crippen MR) is 115 cm³/mol. The predicted octanol–water partition coefficient (Wildman–Crippen LogP) is 3.79. The Labute approximate surface area is 174 Å². The number of benzene rings is 1. The Morgan fingerprint density at radius 2 is 1.97 bits per heavy atom. The SMILES string of the molecule is Cc1cc([C@H]2[C@H](c3ccccn3)NC(=S)N2C)c(C)n1-c1cccc(C(=O)O)c1. The third kappa shape index (κ3) is 3.27. The van der Waals surface area contributed by atoms with E-state index in [1.54, 1.807) is 24.4 Å². The highest BCUT2D eigenvalue weighted by Gasteiger charge is 2.39. The molecule has 0 bridgehead atoms. The van der Waals surface area contributed by atoms with E-state index in [1.807, 2.05) is 38.2 Å². The molecule has 1 saturated heterocycles. The second-order valence-corrected chi connectivity index (χ2v) is 7.64. The number of carboxylic acids is 1. The maximum atomic E-state index is 11.4. The van der Waals surface area contributed by atoms with Gasteiger partial charge in [0.2, 0.25) is 0 Å². The molecule has 7 heteroatoms. The highest BCUT2D eigenvalue weighted by atomic mass is 32.1. The normalized spacial score (nSPS) is 18.7. The van der Waals surface area contributed by atoms with Crippen LogP contribution in [0.25, 0.3) is 5.69 Å². The van der Waals surface area contributed by atoms with Gasteiger partial charge < -0.3 is 19.9 Å². The third-order valence-corrected chi connectivity index (χ3v) is 5.88. The van der Waals surface area contributed by atoms with Crippen molar-refractivity contribution in [2.45, 2.75) is 25.9 Å². The van der Waals surface area contributed by atoms with Gasteiger partial charge in [0.1, 0.15) is 0 Å². The monoisotopic (exact) mass is 406 g/mol. The first-order valence-electron chi connectivity index (χ1n) is 9.35. The molecular weight excluding hydrogens is 384 g/mol. The molecule has 0 radical (unpaired) electrons. The molecular formula is C22H22N4O2S. The number of aryl methyl sites for hydroxylation is 1. The second kappa shape index (κ2) is 7.33. The Hall–Kier alpha value is -3.19. The number of carbonyl (C=O) groups is 1. The Morgan fingerprint density at radius 3 is 2.66 bits per heavy atom. The van der Waals surface area contributed by atoms with Gasteiger partial charge in [-0.2, -0.15) is 0 Å². The van der Waals surface area contributed by atoms with Crippen molar-refractivity contribution in [2.24, 2.45) is 0 Å². The lowest BCUT2D eigenvalue weighted by Crippen LogP contribution is -2.25. The summed E-state index contributed by atoms with van der Waals surface area (Å²) in [5.74, 6) is -0.935. The smallest absolute Gasteiger partial charge is 0.335 e. The Morgan fingerprint density at radius 1 is 1.17 bits per heavy atom. The van der Waals surface area contributed by atoms with Crippen molar-refractivity contribution >= 4 is 23.3 Å². The molecule has 0 spiro atoms.